The fourth-order valence-corrected chi connectivity index (χ4v) is 3.02. The zero-order valence-electron chi connectivity index (χ0n) is 12.0. The van der Waals surface area contributed by atoms with E-state index in [1.807, 2.05) is 6.92 Å². The van der Waals surface area contributed by atoms with Gasteiger partial charge in [0.25, 0.3) is 0 Å². The number of carbonyl (C=O) groups is 1. The van der Waals surface area contributed by atoms with Gasteiger partial charge in [0.2, 0.25) is 5.91 Å². The SMILES string of the molecule is CCC1(C(=O)Nc2cc3c(cc2Cl)OCCO3)CCNC1. The Hall–Kier alpha value is -1.46. The summed E-state index contributed by atoms with van der Waals surface area (Å²) in [5.74, 6) is 1.25. The number of carbonyl (C=O) groups excluding carboxylic acids is 1. The first-order valence-electron chi connectivity index (χ1n) is 7.26. The molecule has 5 nitrogen and oxygen atoms in total. The van der Waals surface area contributed by atoms with Crippen LogP contribution in [0.2, 0.25) is 5.02 Å². The van der Waals surface area contributed by atoms with E-state index in [0.717, 1.165) is 19.4 Å². The molecule has 0 radical (unpaired) electrons. The van der Waals surface area contributed by atoms with Gasteiger partial charge in [-0.2, -0.15) is 0 Å². The van der Waals surface area contributed by atoms with Crippen molar-refractivity contribution < 1.29 is 14.3 Å². The Balaban J connectivity index is 1.82. The van der Waals surface area contributed by atoms with Crippen molar-refractivity contribution in [3.8, 4) is 11.5 Å². The van der Waals surface area contributed by atoms with Crippen molar-refractivity contribution in [2.45, 2.75) is 19.8 Å². The zero-order chi connectivity index (χ0) is 14.9. The largest absolute Gasteiger partial charge is 0.486 e. The number of hydrogen-bond donors (Lipinski definition) is 2. The van der Waals surface area contributed by atoms with Gasteiger partial charge in [-0.05, 0) is 19.4 Å². The molecule has 0 aromatic heterocycles. The van der Waals surface area contributed by atoms with Gasteiger partial charge in [0, 0.05) is 18.7 Å². The highest BCUT2D eigenvalue weighted by Gasteiger charge is 2.39. The number of benzene rings is 1. The maximum atomic E-state index is 12.6. The molecule has 0 spiro atoms. The van der Waals surface area contributed by atoms with E-state index in [1.165, 1.54) is 0 Å². The molecule has 1 saturated heterocycles. The lowest BCUT2D eigenvalue weighted by atomic mass is 9.83. The Morgan fingerprint density at radius 2 is 2.10 bits per heavy atom. The Morgan fingerprint density at radius 1 is 1.38 bits per heavy atom. The van der Waals surface area contributed by atoms with Crippen molar-refractivity contribution in [1.82, 2.24) is 5.32 Å². The topological polar surface area (TPSA) is 59.6 Å². The minimum atomic E-state index is -0.351. The van der Waals surface area contributed by atoms with Crippen LogP contribution in [0.3, 0.4) is 0 Å². The number of anilines is 1. The first-order valence-corrected chi connectivity index (χ1v) is 7.64. The van der Waals surface area contributed by atoms with Crippen LogP contribution in [0.4, 0.5) is 5.69 Å². The number of amides is 1. The summed E-state index contributed by atoms with van der Waals surface area (Å²) in [5, 5.41) is 6.67. The van der Waals surface area contributed by atoms with Gasteiger partial charge in [-0.15, -0.1) is 0 Å². The molecule has 1 unspecified atom stereocenters. The lowest BCUT2D eigenvalue weighted by molar-refractivity contribution is -0.124. The molecule has 2 aliphatic rings. The zero-order valence-corrected chi connectivity index (χ0v) is 12.8. The molecular formula is C15H19ClN2O3. The number of halogens is 1. The predicted octanol–water partition coefficient (Wildman–Crippen LogP) is 2.44. The first-order chi connectivity index (χ1) is 10.1. The van der Waals surface area contributed by atoms with Crippen LogP contribution in [0, 0.1) is 5.41 Å². The molecule has 0 aliphatic carbocycles. The second kappa shape index (κ2) is 5.73. The standard InChI is InChI=1S/C15H19ClN2O3/c1-2-15(3-4-17-9-15)14(19)18-11-8-13-12(7-10(11)16)20-5-6-21-13/h7-8,17H,2-6,9H2,1H3,(H,18,19). The van der Waals surface area contributed by atoms with Crippen molar-refractivity contribution >= 4 is 23.2 Å². The average molecular weight is 311 g/mol. The molecule has 1 amide bonds. The average Bonchev–Trinajstić information content (AvgIpc) is 2.98. The van der Waals surface area contributed by atoms with Crippen LogP contribution >= 0.6 is 11.6 Å². The second-order valence-corrected chi connectivity index (χ2v) is 5.90. The van der Waals surface area contributed by atoms with Gasteiger partial charge < -0.3 is 20.1 Å². The molecule has 1 aromatic carbocycles. The van der Waals surface area contributed by atoms with Gasteiger partial charge in [-0.3, -0.25) is 4.79 Å². The van der Waals surface area contributed by atoms with Crippen molar-refractivity contribution in [1.29, 1.82) is 0 Å². The van der Waals surface area contributed by atoms with Crippen molar-refractivity contribution in [2.24, 2.45) is 5.41 Å². The maximum Gasteiger partial charge on any atom is 0.231 e. The van der Waals surface area contributed by atoms with Crippen molar-refractivity contribution in [3.05, 3.63) is 17.2 Å². The molecule has 21 heavy (non-hydrogen) atoms. The fourth-order valence-electron chi connectivity index (χ4n) is 2.81. The van der Waals surface area contributed by atoms with E-state index in [0.29, 0.717) is 42.0 Å². The van der Waals surface area contributed by atoms with E-state index in [-0.39, 0.29) is 11.3 Å². The van der Waals surface area contributed by atoms with E-state index >= 15 is 0 Å². The molecule has 6 heteroatoms. The highest BCUT2D eigenvalue weighted by molar-refractivity contribution is 6.34. The summed E-state index contributed by atoms with van der Waals surface area (Å²) >= 11 is 6.23. The molecule has 0 saturated carbocycles. The fraction of sp³-hybridized carbons (Fsp3) is 0.533. The molecule has 2 aliphatic heterocycles. The molecule has 3 rings (SSSR count). The van der Waals surface area contributed by atoms with Gasteiger partial charge in [0.15, 0.2) is 11.5 Å². The normalized spacial score (nSPS) is 23.9. The van der Waals surface area contributed by atoms with Gasteiger partial charge in [0.1, 0.15) is 13.2 Å². The van der Waals surface area contributed by atoms with Gasteiger partial charge in [-0.25, -0.2) is 0 Å². The minimum absolute atomic E-state index is 0.00794. The molecule has 2 heterocycles. The maximum absolute atomic E-state index is 12.6. The quantitative estimate of drug-likeness (QED) is 0.900. The third-order valence-electron chi connectivity index (χ3n) is 4.28. The molecule has 1 fully saturated rings. The lowest BCUT2D eigenvalue weighted by Gasteiger charge is -2.26. The summed E-state index contributed by atoms with van der Waals surface area (Å²) in [6.45, 7) is 4.64. The van der Waals surface area contributed by atoms with Crippen molar-refractivity contribution in [3.63, 3.8) is 0 Å². The molecule has 114 valence electrons. The van der Waals surface area contributed by atoms with Gasteiger partial charge >= 0.3 is 0 Å². The number of rotatable bonds is 3. The molecule has 1 aromatic rings. The van der Waals surface area contributed by atoms with Crippen LogP contribution in [0.5, 0.6) is 11.5 Å². The Bertz CT molecular complexity index is 556. The van der Waals surface area contributed by atoms with Crippen LogP contribution in [-0.4, -0.2) is 32.2 Å². The van der Waals surface area contributed by atoms with E-state index in [9.17, 15) is 4.79 Å². The highest BCUT2D eigenvalue weighted by Crippen LogP contribution is 2.39. The van der Waals surface area contributed by atoms with E-state index < -0.39 is 0 Å². The predicted molar refractivity (Wildman–Crippen MR) is 81.3 cm³/mol. The summed E-state index contributed by atoms with van der Waals surface area (Å²) in [5.41, 5.74) is 0.224. The smallest absolute Gasteiger partial charge is 0.231 e. The van der Waals surface area contributed by atoms with Gasteiger partial charge in [0.05, 0.1) is 16.1 Å². The molecular weight excluding hydrogens is 292 g/mol. The Labute approximate surface area is 128 Å². The number of hydrogen-bond acceptors (Lipinski definition) is 4. The summed E-state index contributed by atoms with van der Waals surface area (Å²) in [6.07, 6.45) is 1.64. The number of nitrogens with one attached hydrogen (secondary N) is 2. The Morgan fingerprint density at radius 3 is 2.71 bits per heavy atom. The first kappa shape index (κ1) is 14.5. The molecule has 1 atom stereocenters. The van der Waals surface area contributed by atoms with Crippen LogP contribution in [-0.2, 0) is 4.79 Å². The summed E-state index contributed by atoms with van der Waals surface area (Å²) in [6, 6.07) is 3.43. The van der Waals surface area contributed by atoms with Crippen molar-refractivity contribution in [2.75, 3.05) is 31.6 Å². The second-order valence-electron chi connectivity index (χ2n) is 5.49. The highest BCUT2D eigenvalue weighted by atomic mass is 35.5. The Kier molecular flexibility index (Phi) is 3.95. The number of ether oxygens (including phenoxy) is 2. The minimum Gasteiger partial charge on any atom is -0.486 e. The van der Waals surface area contributed by atoms with Crippen LogP contribution in [0.25, 0.3) is 0 Å². The van der Waals surface area contributed by atoms with Gasteiger partial charge in [-0.1, -0.05) is 18.5 Å². The third-order valence-corrected chi connectivity index (χ3v) is 4.59. The lowest BCUT2D eigenvalue weighted by Crippen LogP contribution is -2.37. The summed E-state index contributed by atoms with van der Waals surface area (Å²) in [4.78, 5) is 12.6. The van der Waals surface area contributed by atoms with E-state index in [2.05, 4.69) is 10.6 Å². The third kappa shape index (κ3) is 2.68. The molecule has 0 bridgehead atoms. The van der Waals surface area contributed by atoms with Crippen LogP contribution < -0.4 is 20.1 Å². The van der Waals surface area contributed by atoms with E-state index in [4.69, 9.17) is 21.1 Å². The van der Waals surface area contributed by atoms with Crippen LogP contribution in [0.1, 0.15) is 19.8 Å². The molecule has 2 N–H and O–H groups in total. The van der Waals surface area contributed by atoms with Crippen LogP contribution in [0.15, 0.2) is 12.1 Å². The number of fused-ring (bicyclic) bond motifs is 1. The van der Waals surface area contributed by atoms with E-state index in [1.54, 1.807) is 12.1 Å². The summed E-state index contributed by atoms with van der Waals surface area (Å²) < 4.78 is 11.0. The monoisotopic (exact) mass is 310 g/mol. The summed E-state index contributed by atoms with van der Waals surface area (Å²) in [7, 11) is 0.